The Labute approximate surface area is 112 Å². The third-order valence-electron chi connectivity index (χ3n) is 2.88. The molecule has 0 aliphatic rings. The summed E-state index contributed by atoms with van der Waals surface area (Å²) >= 11 is 0. The second kappa shape index (κ2) is 5.67. The molecule has 0 radical (unpaired) electrons. The first-order valence-electron chi connectivity index (χ1n) is 6.15. The number of nitrogens with two attached hydrogens (primary N) is 1. The number of nitrogens with zero attached hydrogens (tertiary/aromatic N) is 2. The molecule has 1 aromatic heterocycles. The van der Waals surface area contributed by atoms with Crippen molar-refractivity contribution in [2.45, 2.75) is 20.0 Å². The highest BCUT2D eigenvalue weighted by atomic mass is 16.1. The smallest absolute Gasteiger partial charge is 0.252 e. The average molecular weight is 258 g/mol. The fourth-order valence-electron chi connectivity index (χ4n) is 1.97. The second-order valence-corrected chi connectivity index (χ2v) is 4.57. The van der Waals surface area contributed by atoms with Crippen molar-refractivity contribution < 1.29 is 0 Å². The van der Waals surface area contributed by atoms with Crippen LogP contribution >= 0.6 is 0 Å². The fourth-order valence-corrected chi connectivity index (χ4v) is 1.97. The highest BCUT2D eigenvalue weighted by Crippen LogP contribution is 2.12. The summed E-state index contributed by atoms with van der Waals surface area (Å²) in [6, 6.07) is 9.59. The lowest BCUT2D eigenvalue weighted by Crippen LogP contribution is -2.21. The molecule has 0 spiro atoms. The summed E-state index contributed by atoms with van der Waals surface area (Å²) in [6.45, 7) is 2.98. The number of rotatable bonds is 4. The van der Waals surface area contributed by atoms with E-state index in [4.69, 9.17) is 5.73 Å². The van der Waals surface area contributed by atoms with E-state index >= 15 is 0 Å². The minimum absolute atomic E-state index is 0.134. The van der Waals surface area contributed by atoms with Gasteiger partial charge < -0.3 is 15.6 Å². The van der Waals surface area contributed by atoms with E-state index in [1.807, 2.05) is 30.1 Å². The van der Waals surface area contributed by atoms with Gasteiger partial charge in [-0.2, -0.15) is 0 Å². The summed E-state index contributed by atoms with van der Waals surface area (Å²) in [6.07, 6.45) is 0. The van der Waals surface area contributed by atoms with Gasteiger partial charge in [0.15, 0.2) is 0 Å². The molecule has 0 amide bonds. The summed E-state index contributed by atoms with van der Waals surface area (Å²) in [5, 5.41) is 0. The largest absolute Gasteiger partial charge is 0.355 e. The number of anilines is 1. The number of aryl methyl sites for hydroxylation is 1. The molecule has 0 saturated heterocycles. The molecule has 5 heteroatoms. The van der Waals surface area contributed by atoms with Crippen molar-refractivity contribution in [2.24, 2.45) is 5.73 Å². The fraction of sp³-hybridized carbons (Fsp3) is 0.286. The molecule has 0 aliphatic carbocycles. The quantitative estimate of drug-likeness (QED) is 0.863. The number of hydrogen-bond donors (Lipinski definition) is 2. The topological polar surface area (TPSA) is 75.0 Å². The SMILES string of the molecule is Cc1nc(N(C)Cc2cccc(CN)c2)cc(=O)[nH]1. The molecule has 19 heavy (non-hydrogen) atoms. The predicted octanol–water partition coefficient (Wildman–Crippen LogP) is 1.17. The number of aromatic amines is 1. The third-order valence-corrected chi connectivity index (χ3v) is 2.88. The zero-order chi connectivity index (χ0) is 13.8. The Balaban J connectivity index is 2.20. The van der Waals surface area contributed by atoms with Crippen LogP contribution in [0.5, 0.6) is 0 Å². The molecular formula is C14H18N4O. The Morgan fingerprint density at radius 3 is 2.74 bits per heavy atom. The summed E-state index contributed by atoms with van der Waals surface area (Å²) < 4.78 is 0. The van der Waals surface area contributed by atoms with Crippen LogP contribution in [0.2, 0.25) is 0 Å². The van der Waals surface area contributed by atoms with Crippen molar-refractivity contribution in [3.63, 3.8) is 0 Å². The lowest BCUT2D eigenvalue weighted by Gasteiger charge is -2.18. The Morgan fingerprint density at radius 2 is 2.05 bits per heavy atom. The van der Waals surface area contributed by atoms with Gasteiger partial charge >= 0.3 is 0 Å². The number of nitrogens with one attached hydrogen (secondary N) is 1. The van der Waals surface area contributed by atoms with Gasteiger partial charge in [-0.3, -0.25) is 4.79 Å². The maximum absolute atomic E-state index is 11.4. The van der Waals surface area contributed by atoms with E-state index in [0.29, 0.717) is 24.7 Å². The van der Waals surface area contributed by atoms with Crippen LogP contribution in [0.4, 0.5) is 5.82 Å². The minimum Gasteiger partial charge on any atom is -0.355 e. The maximum atomic E-state index is 11.4. The van der Waals surface area contributed by atoms with Crippen LogP contribution in [0.1, 0.15) is 17.0 Å². The zero-order valence-electron chi connectivity index (χ0n) is 11.2. The van der Waals surface area contributed by atoms with Gasteiger partial charge in [-0.1, -0.05) is 24.3 Å². The molecule has 0 fully saturated rings. The summed E-state index contributed by atoms with van der Waals surface area (Å²) in [7, 11) is 1.91. The van der Waals surface area contributed by atoms with Crippen molar-refractivity contribution in [3.8, 4) is 0 Å². The van der Waals surface area contributed by atoms with Crippen molar-refractivity contribution in [1.82, 2.24) is 9.97 Å². The van der Waals surface area contributed by atoms with Gasteiger partial charge in [0.2, 0.25) is 0 Å². The van der Waals surface area contributed by atoms with Crippen molar-refractivity contribution in [2.75, 3.05) is 11.9 Å². The molecule has 2 aromatic rings. The Hall–Kier alpha value is -2.14. The van der Waals surface area contributed by atoms with Crippen LogP contribution in [0.25, 0.3) is 0 Å². The average Bonchev–Trinajstić information content (AvgIpc) is 2.37. The number of H-pyrrole nitrogens is 1. The molecule has 2 rings (SSSR count). The molecule has 0 bridgehead atoms. The second-order valence-electron chi connectivity index (χ2n) is 4.57. The van der Waals surface area contributed by atoms with Gasteiger partial charge in [0.25, 0.3) is 5.56 Å². The van der Waals surface area contributed by atoms with E-state index in [2.05, 4.69) is 16.0 Å². The van der Waals surface area contributed by atoms with Crippen molar-refractivity contribution >= 4 is 5.82 Å². The molecule has 3 N–H and O–H groups in total. The molecule has 100 valence electrons. The van der Waals surface area contributed by atoms with Gasteiger partial charge in [0, 0.05) is 26.2 Å². The Bertz CT molecular complexity index is 621. The molecule has 0 aliphatic heterocycles. The van der Waals surface area contributed by atoms with Crippen LogP contribution < -0.4 is 16.2 Å². The first kappa shape index (κ1) is 13.3. The van der Waals surface area contributed by atoms with E-state index in [1.165, 1.54) is 6.07 Å². The summed E-state index contributed by atoms with van der Waals surface area (Å²) in [5.41, 5.74) is 7.74. The number of benzene rings is 1. The molecule has 5 nitrogen and oxygen atoms in total. The highest BCUT2D eigenvalue weighted by molar-refractivity contribution is 5.38. The normalized spacial score (nSPS) is 10.5. The van der Waals surface area contributed by atoms with Gasteiger partial charge in [-0.15, -0.1) is 0 Å². The summed E-state index contributed by atoms with van der Waals surface area (Å²) in [5.74, 6) is 1.28. The van der Waals surface area contributed by atoms with Gasteiger partial charge in [0.1, 0.15) is 11.6 Å². The van der Waals surface area contributed by atoms with E-state index < -0.39 is 0 Å². The van der Waals surface area contributed by atoms with Gasteiger partial charge in [-0.25, -0.2) is 4.98 Å². The van der Waals surface area contributed by atoms with E-state index in [0.717, 1.165) is 11.1 Å². The number of hydrogen-bond acceptors (Lipinski definition) is 4. The Kier molecular flexibility index (Phi) is 3.97. The lowest BCUT2D eigenvalue weighted by atomic mass is 10.1. The van der Waals surface area contributed by atoms with Crippen LogP contribution in [-0.2, 0) is 13.1 Å². The van der Waals surface area contributed by atoms with Crippen LogP contribution in [0, 0.1) is 6.92 Å². The van der Waals surface area contributed by atoms with Crippen LogP contribution in [-0.4, -0.2) is 17.0 Å². The van der Waals surface area contributed by atoms with Crippen molar-refractivity contribution in [1.29, 1.82) is 0 Å². The standard InChI is InChI=1S/C14H18N4O/c1-10-16-13(7-14(19)17-10)18(2)9-12-5-3-4-11(6-12)8-15/h3-7H,8-9,15H2,1-2H3,(H,16,17,19). The van der Waals surface area contributed by atoms with Gasteiger partial charge in [0.05, 0.1) is 0 Å². The van der Waals surface area contributed by atoms with Crippen LogP contribution in [0.15, 0.2) is 35.1 Å². The monoisotopic (exact) mass is 258 g/mol. The molecule has 0 unspecified atom stereocenters. The Morgan fingerprint density at radius 1 is 1.32 bits per heavy atom. The molecule has 1 heterocycles. The number of aromatic nitrogens is 2. The minimum atomic E-state index is -0.134. The molecule has 0 saturated carbocycles. The maximum Gasteiger partial charge on any atom is 0.252 e. The predicted molar refractivity (Wildman–Crippen MR) is 76.0 cm³/mol. The van der Waals surface area contributed by atoms with E-state index in [-0.39, 0.29) is 5.56 Å². The highest BCUT2D eigenvalue weighted by Gasteiger charge is 2.06. The van der Waals surface area contributed by atoms with Gasteiger partial charge in [-0.05, 0) is 18.1 Å². The van der Waals surface area contributed by atoms with E-state index in [9.17, 15) is 4.79 Å². The first-order chi connectivity index (χ1) is 9.08. The molecular weight excluding hydrogens is 240 g/mol. The third kappa shape index (κ3) is 3.42. The summed E-state index contributed by atoms with van der Waals surface area (Å²) in [4.78, 5) is 20.3. The van der Waals surface area contributed by atoms with E-state index in [1.54, 1.807) is 6.92 Å². The molecule has 0 atom stereocenters. The van der Waals surface area contributed by atoms with Crippen LogP contribution in [0.3, 0.4) is 0 Å². The molecule has 1 aromatic carbocycles. The zero-order valence-corrected chi connectivity index (χ0v) is 11.2. The lowest BCUT2D eigenvalue weighted by molar-refractivity contribution is 0.870. The van der Waals surface area contributed by atoms with Crippen molar-refractivity contribution in [3.05, 3.63) is 57.6 Å². The first-order valence-corrected chi connectivity index (χ1v) is 6.15.